The molecular formula is C25H25N3O3. The minimum atomic E-state index is -0.191. The Morgan fingerprint density at radius 2 is 1.84 bits per heavy atom. The number of hydrogen-bond donors (Lipinski definition) is 1. The molecule has 2 aromatic heterocycles. The summed E-state index contributed by atoms with van der Waals surface area (Å²) in [5, 5.41) is 3.01. The Labute approximate surface area is 181 Å². The van der Waals surface area contributed by atoms with E-state index in [9.17, 15) is 4.79 Å². The van der Waals surface area contributed by atoms with Gasteiger partial charge in [0.05, 0.1) is 24.1 Å². The molecular weight excluding hydrogens is 390 g/mol. The number of benzene rings is 2. The number of aromatic nitrogens is 1. The predicted octanol–water partition coefficient (Wildman–Crippen LogP) is 4.94. The summed E-state index contributed by atoms with van der Waals surface area (Å²) in [6.45, 7) is 2.45. The molecule has 6 heteroatoms. The van der Waals surface area contributed by atoms with Gasteiger partial charge in [-0.1, -0.05) is 42.0 Å². The predicted molar refractivity (Wildman–Crippen MR) is 120 cm³/mol. The molecule has 6 nitrogen and oxygen atoms in total. The summed E-state index contributed by atoms with van der Waals surface area (Å²) in [6, 6.07) is 19.0. The third-order valence-corrected chi connectivity index (χ3v) is 5.19. The average Bonchev–Trinajstić information content (AvgIpc) is 3.47. The van der Waals surface area contributed by atoms with Crippen molar-refractivity contribution in [3.8, 4) is 22.8 Å². The second kappa shape index (κ2) is 9.02. The zero-order valence-corrected chi connectivity index (χ0v) is 17.8. The fraction of sp³-hybridized carbons (Fsp3) is 0.200. The van der Waals surface area contributed by atoms with Crippen LogP contribution >= 0.6 is 0 Å². The molecule has 4 rings (SSSR count). The van der Waals surface area contributed by atoms with Crippen molar-refractivity contribution in [1.82, 2.24) is 15.2 Å². The van der Waals surface area contributed by atoms with Gasteiger partial charge in [-0.15, -0.1) is 0 Å². The van der Waals surface area contributed by atoms with Crippen molar-refractivity contribution >= 4 is 5.91 Å². The smallest absolute Gasteiger partial charge is 0.252 e. The summed E-state index contributed by atoms with van der Waals surface area (Å²) in [4.78, 5) is 19.4. The number of hydrogen-bond acceptors (Lipinski definition) is 5. The molecule has 0 radical (unpaired) electrons. The van der Waals surface area contributed by atoms with Crippen LogP contribution in [0, 0.1) is 6.92 Å². The van der Waals surface area contributed by atoms with Gasteiger partial charge < -0.3 is 14.2 Å². The number of rotatable bonds is 7. The number of oxazole rings is 1. The molecule has 0 fully saturated rings. The fourth-order valence-corrected chi connectivity index (χ4v) is 3.42. The van der Waals surface area contributed by atoms with E-state index in [1.54, 1.807) is 18.5 Å². The van der Waals surface area contributed by atoms with E-state index in [0.717, 1.165) is 11.3 Å². The number of amides is 1. The minimum Gasteiger partial charge on any atom is -0.468 e. The fourth-order valence-electron chi connectivity index (χ4n) is 3.42. The number of furan rings is 1. The number of carbonyl (C=O) groups is 1. The van der Waals surface area contributed by atoms with Crippen molar-refractivity contribution in [1.29, 1.82) is 0 Å². The average molecular weight is 415 g/mol. The van der Waals surface area contributed by atoms with E-state index in [4.69, 9.17) is 8.83 Å². The van der Waals surface area contributed by atoms with Gasteiger partial charge in [0.1, 0.15) is 5.76 Å². The zero-order chi connectivity index (χ0) is 21.8. The lowest BCUT2D eigenvalue weighted by molar-refractivity contribution is 0.0939. The van der Waals surface area contributed by atoms with Crippen LogP contribution in [0.4, 0.5) is 0 Å². The Hall–Kier alpha value is -3.64. The molecule has 0 spiro atoms. The van der Waals surface area contributed by atoms with E-state index in [1.807, 2.05) is 80.5 Å². The zero-order valence-electron chi connectivity index (χ0n) is 17.8. The van der Waals surface area contributed by atoms with Gasteiger partial charge in [-0.25, -0.2) is 4.98 Å². The SMILES string of the molecule is Cc1ccc(-c2cnc(-c3ccccc3C(=O)NCC(c3ccco3)N(C)C)o2)cc1. The molecule has 2 aromatic carbocycles. The molecule has 0 aliphatic heterocycles. The summed E-state index contributed by atoms with van der Waals surface area (Å²) in [5.41, 5.74) is 3.28. The van der Waals surface area contributed by atoms with E-state index in [1.165, 1.54) is 5.56 Å². The molecule has 158 valence electrons. The van der Waals surface area contributed by atoms with Gasteiger partial charge in [0.25, 0.3) is 5.91 Å². The maximum absolute atomic E-state index is 13.0. The molecule has 1 amide bonds. The van der Waals surface area contributed by atoms with Gasteiger partial charge in [0.15, 0.2) is 5.76 Å². The van der Waals surface area contributed by atoms with Gasteiger partial charge in [0, 0.05) is 17.7 Å². The Kier molecular flexibility index (Phi) is 6.00. The van der Waals surface area contributed by atoms with Crippen LogP contribution in [0.5, 0.6) is 0 Å². The van der Waals surface area contributed by atoms with E-state index in [2.05, 4.69) is 10.3 Å². The van der Waals surface area contributed by atoms with Gasteiger partial charge >= 0.3 is 0 Å². The lowest BCUT2D eigenvalue weighted by atomic mass is 10.1. The molecule has 0 saturated carbocycles. The number of aryl methyl sites for hydroxylation is 1. The van der Waals surface area contributed by atoms with Crippen LogP contribution in [-0.2, 0) is 0 Å². The maximum atomic E-state index is 13.0. The summed E-state index contributed by atoms with van der Waals surface area (Å²) >= 11 is 0. The number of carbonyl (C=O) groups excluding carboxylic acids is 1. The van der Waals surface area contributed by atoms with Crippen molar-refractivity contribution in [3.63, 3.8) is 0 Å². The molecule has 1 unspecified atom stereocenters. The van der Waals surface area contributed by atoms with Crippen LogP contribution in [0.2, 0.25) is 0 Å². The molecule has 0 aliphatic rings. The van der Waals surface area contributed by atoms with E-state index in [-0.39, 0.29) is 11.9 Å². The highest BCUT2D eigenvalue weighted by molar-refractivity contribution is 6.00. The molecule has 0 bridgehead atoms. The van der Waals surface area contributed by atoms with Crippen LogP contribution in [0.3, 0.4) is 0 Å². The molecule has 1 atom stereocenters. The Morgan fingerprint density at radius 1 is 1.06 bits per heavy atom. The van der Waals surface area contributed by atoms with Gasteiger partial charge in [-0.05, 0) is 45.3 Å². The quantitative estimate of drug-likeness (QED) is 0.463. The van der Waals surface area contributed by atoms with Crippen LogP contribution in [-0.4, -0.2) is 36.4 Å². The summed E-state index contributed by atoms with van der Waals surface area (Å²) in [5.74, 6) is 1.69. The first-order valence-electron chi connectivity index (χ1n) is 10.1. The highest BCUT2D eigenvalue weighted by atomic mass is 16.4. The molecule has 31 heavy (non-hydrogen) atoms. The minimum absolute atomic E-state index is 0.0685. The monoisotopic (exact) mass is 415 g/mol. The lowest BCUT2D eigenvalue weighted by Crippen LogP contribution is -2.34. The summed E-state index contributed by atoms with van der Waals surface area (Å²) in [7, 11) is 3.90. The van der Waals surface area contributed by atoms with E-state index in [0.29, 0.717) is 29.3 Å². The highest BCUT2D eigenvalue weighted by Gasteiger charge is 2.21. The van der Waals surface area contributed by atoms with Crippen molar-refractivity contribution in [2.75, 3.05) is 20.6 Å². The van der Waals surface area contributed by atoms with E-state index < -0.39 is 0 Å². The van der Waals surface area contributed by atoms with E-state index >= 15 is 0 Å². The Bertz CT molecular complexity index is 1140. The normalized spacial score (nSPS) is 12.1. The van der Waals surface area contributed by atoms with Gasteiger partial charge in [-0.3, -0.25) is 9.69 Å². The number of nitrogens with one attached hydrogen (secondary N) is 1. The van der Waals surface area contributed by atoms with Crippen molar-refractivity contribution < 1.29 is 13.6 Å². The van der Waals surface area contributed by atoms with Gasteiger partial charge in [-0.2, -0.15) is 0 Å². The largest absolute Gasteiger partial charge is 0.468 e. The molecule has 0 saturated heterocycles. The second-order valence-corrected chi connectivity index (χ2v) is 7.65. The van der Waals surface area contributed by atoms with Crippen LogP contribution < -0.4 is 5.32 Å². The molecule has 2 heterocycles. The molecule has 4 aromatic rings. The Morgan fingerprint density at radius 3 is 2.55 bits per heavy atom. The maximum Gasteiger partial charge on any atom is 0.252 e. The van der Waals surface area contributed by atoms with Gasteiger partial charge in [0.2, 0.25) is 5.89 Å². The van der Waals surface area contributed by atoms with Crippen LogP contribution in [0.1, 0.15) is 27.7 Å². The summed E-state index contributed by atoms with van der Waals surface area (Å²) in [6.07, 6.45) is 3.32. The topological polar surface area (TPSA) is 71.5 Å². The number of likely N-dealkylation sites (N-methyl/N-ethyl adjacent to an activating group) is 1. The standard InChI is InChI=1S/C25H25N3O3/c1-17-10-12-18(13-11-17)23-16-27-25(31-23)20-8-5-4-7-19(20)24(29)26-15-21(28(2)3)22-9-6-14-30-22/h4-14,16,21H,15H2,1-3H3,(H,26,29). The van der Waals surface area contributed by atoms with Crippen LogP contribution in [0.25, 0.3) is 22.8 Å². The molecule has 0 aliphatic carbocycles. The molecule has 1 N–H and O–H groups in total. The van der Waals surface area contributed by atoms with Crippen LogP contribution in [0.15, 0.2) is 82.0 Å². The number of nitrogens with zero attached hydrogens (tertiary/aromatic N) is 2. The lowest BCUT2D eigenvalue weighted by Gasteiger charge is -2.22. The first-order valence-corrected chi connectivity index (χ1v) is 10.1. The van der Waals surface area contributed by atoms with Crippen molar-refractivity contribution in [2.45, 2.75) is 13.0 Å². The first-order chi connectivity index (χ1) is 15.0. The highest BCUT2D eigenvalue weighted by Crippen LogP contribution is 2.28. The van der Waals surface area contributed by atoms with Crippen molar-refractivity contribution in [3.05, 3.63) is 90.0 Å². The third-order valence-electron chi connectivity index (χ3n) is 5.19. The van der Waals surface area contributed by atoms with Crippen molar-refractivity contribution in [2.24, 2.45) is 0 Å². The first kappa shape index (κ1) is 20.6. The third kappa shape index (κ3) is 4.59. The Balaban J connectivity index is 1.55. The second-order valence-electron chi connectivity index (χ2n) is 7.65. The summed E-state index contributed by atoms with van der Waals surface area (Å²) < 4.78 is 11.5.